The quantitative estimate of drug-likeness (QED) is 0.869. The van der Waals surface area contributed by atoms with Crippen LogP contribution in [0, 0.1) is 0 Å². The Hall–Kier alpha value is -0.590. The zero-order valence-electron chi connectivity index (χ0n) is 12.3. The van der Waals surface area contributed by atoms with Gasteiger partial charge in [0.2, 0.25) is 10.0 Å². The van der Waals surface area contributed by atoms with Gasteiger partial charge in [0.25, 0.3) is 0 Å². The normalized spacial score (nSPS) is 18.0. The van der Waals surface area contributed by atoms with E-state index in [9.17, 15) is 8.42 Å². The van der Waals surface area contributed by atoms with Crippen LogP contribution in [-0.2, 0) is 10.0 Å². The molecular formula is C15H22BrNO3S. The zero-order chi connectivity index (χ0) is 15.3. The van der Waals surface area contributed by atoms with Gasteiger partial charge in [-0.3, -0.25) is 0 Å². The lowest BCUT2D eigenvalue weighted by atomic mass is 9.97. The average Bonchev–Trinajstić information content (AvgIpc) is 2.41. The van der Waals surface area contributed by atoms with Crippen molar-refractivity contribution >= 4 is 26.0 Å². The molecule has 1 aromatic rings. The Labute approximate surface area is 135 Å². The molecule has 0 aliphatic heterocycles. The van der Waals surface area contributed by atoms with Crippen LogP contribution in [0.4, 0.5) is 0 Å². The monoisotopic (exact) mass is 375 g/mol. The summed E-state index contributed by atoms with van der Waals surface area (Å²) in [7, 11) is -2.07. The van der Waals surface area contributed by atoms with Crippen LogP contribution in [0.5, 0.6) is 5.75 Å². The van der Waals surface area contributed by atoms with E-state index in [1.807, 2.05) is 0 Å². The van der Waals surface area contributed by atoms with Gasteiger partial charge >= 0.3 is 0 Å². The third kappa shape index (κ3) is 4.69. The van der Waals surface area contributed by atoms with Gasteiger partial charge in [0.1, 0.15) is 10.6 Å². The molecule has 0 saturated heterocycles. The van der Waals surface area contributed by atoms with Crippen LogP contribution in [0.15, 0.2) is 27.6 Å². The Kier molecular flexibility index (Phi) is 6.08. The van der Waals surface area contributed by atoms with Crippen molar-refractivity contribution in [1.29, 1.82) is 0 Å². The predicted molar refractivity (Wildman–Crippen MR) is 87.1 cm³/mol. The number of benzene rings is 1. The standard InChI is InChI=1S/C15H22BrNO3S/c1-20-14-10-9-12(16)11-15(14)21(18,19)17-13-7-5-3-2-4-6-8-13/h9-11,13,17H,2-8H2,1H3. The smallest absolute Gasteiger partial charge is 0.244 e. The topological polar surface area (TPSA) is 55.4 Å². The van der Waals surface area contributed by atoms with E-state index in [0.29, 0.717) is 5.75 Å². The van der Waals surface area contributed by atoms with Gasteiger partial charge in [0.15, 0.2) is 0 Å². The molecule has 0 atom stereocenters. The van der Waals surface area contributed by atoms with E-state index in [1.165, 1.54) is 26.4 Å². The molecular weight excluding hydrogens is 354 g/mol. The highest BCUT2D eigenvalue weighted by molar-refractivity contribution is 9.10. The molecule has 1 aliphatic carbocycles. The van der Waals surface area contributed by atoms with Crippen molar-refractivity contribution in [3.05, 3.63) is 22.7 Å². The van der Waals surface area contributed by atoms with E-state index in [-0.39, 0.29) is 10.9 Å². The van der Waals surface area contributed by atoms with Crippen molar-refractivity contribution in [1.82, 2.24) is 4.72 Å². The van der Waals surface area contributed by atoms with Crippen molar-refractivity contribution < 1.29 is 13.2 Å². The highest BCUT2D eigenvalue weighted by atomic mass is 79.9. The Morgan fingerprint density at radius 2 is 1.76 bits per heavy atom. The molecule has 118 valence electrons. The van der Waals surface area contributed by atoms with Gasteiger partial charge in [-0.2, -0.15) is 0 Å². The van der Waals surface area contributed by atoms with Crippen LogP contribution in [-0.4, -0.2) is 21.6 Å². The first kappa shape index (κ1) is 16.8. The Balaban J connectivity index is 2.19. The molecule has 0 heterocycles. The molecule has 1 fully saturated rings. The average molecular weight is 376 g/mol. The van der Waals surface area contributed by atoms with E-state index >= 15 is 0 Å². The first-order chi connectivity index (χ1) is 10.0. The molecule has 2 rings (SSSR count). The number of hydrogen-bond donors (Lipinski definition) is 1. The molecule has 0 radical (unpaired) electrons. The van der Waals surface area contributed by atoms with Gasteiger partial charge < -0.3 is 4.74 Å². The van der Waals surface area contributed by atoms with Gasteiger partial charge in [0, 0.05) is 10.5 Å². The molecule has 1 aromatic carbocycles. The molecule has 1 N–H and O–H groups in total. The summed E-state index contributed by atoms with van der Waals surface area (Å²) < 4.78 is 34.0. The lowest BCUT2D eigenvalue weighted by Crippen LogP contribution is -2.35. The Morgan fingerprint density at radius 1 is 1.14 bits per heavy atom. The highest BCUT2D eigenvalue weighted by Crippen LogP contribution is 2.28. The Morgan fingerprint density at radius 3 is 2.38 bits per heavy atom. The van der Waals surface area contributed by atoms with Crippen LogP contribution < -0.4 is 9.46 Å². The van der Waals surface area contributed by atoms with E-state index in [4.69, 9.17) is 4.74 Å². The number of methoxy groups -OCH3 is 1. The van der Waals surface area contributed by atoms with Gasteiger partial charge in [-0.15, -0.1) is 0 Å². The molecule has 1 saturated carbocycles. The maximum absolute atomic E-state index is 12.6. The molecule has 0 bridgehead atoms. The Bertz CT molecular complexity index is 566. The molecule has 21 heavy (non-hydrogen) atoms. The number of halogens is 1. The summed E-state index contributed by atoms with van der Waals surface area (Å²) in [5.41, 5.74) is 0. The van der Waals surface area contributed by atoms with Crippen molar-refractivity contribution in [2.75, 3.05) is 7.11 Å². The minimum atomic E-state index is -3.56. The lowest BCUT2D eigenvalue weighted by molar-refractivity contribution is 0.399. The summed E-state index contributed by atoms with van der Waals surface area (Å²) in [6, 6.07) is 5.05. The van der Waals surface area contributed by atoms with E-state index < -0.39 is 10.0 Å². The fraction of sp³-hybridized carbons (Fsp3) is 0.600. The van der Waals surface area contributed by atoms with Crippen LogP contribution >= 0.6 is 15.9 Å². The summed E-state index contributed by atoms with van der Waals surface area (Å²) in [4.78, 5) is 0.196. The third-order valence-corrected chi connectivity index (χ3v) is 5.88. The second-order valence-electron chi connectivity index (χ2n) is 5.46. The fourth-order valence-electron chi connectivity index (χ4n) is 2.72. The van der Waals surface area contributed by atoms with Crippen LogP contribution in [0.3, 0.4) is 0 Å². The summed E-state index contributed by atoms with van der Waals surface area (Å²) in [6.07, 6.45) is 7.65. The van der Waals surface area contributed by atoms with Gasteiger partial charge in [-0.1, -0.05) is 48.0 Å². The molecule has 0 spiro atoms. The van der Waals surface area contributed by atoms with Crippen molar-refractivity contribution in [3.8, 4) is 5.75 Å². The van der Waals surface area contributed by atoms with Gasteiger partial charge in [-0.25, -0.2) is 13.1 Å². The fourth-order valence-corrected chi connectivity index (χ4v) is 4.73. The molecule has 4 nitrogen and oxygen atoms in total. The number of hydrogen-bond acceptors (Lipinski definition) is 3. The second-order valence-corrected chi connectivity index (χ2v) is 8.06. The van der Waals surface area contributed by atoms with Crippen LogP contribution in [0.1, 0.15) is 44.9 Å². The van der Waals surface area contributed by atoms with Gasteiger partial charge in [-0.05, 0) is 31.0 Å². The zero-order valence-corrected chi connectivity index (χ0v) is 14.7. The molecule has 0 unspecified atom stereocenters. The maximum Gasteiger partial charge on any atom is 0.244 e. The molecule has 1 aliphatic rings. The number of sulfonamides is 1. The van der Waals surface area contributed by atoms with Crippen molar-refractivity contribution in [2.24, 2.45) is 0 Å². The molecule has 0 aromatic heterocycles. The van der Waals surface area contributed by atoms with Crippen LogP contribution in [0.25, 0.3) is 0 Å². The lowest BCUT2D eigenvalue weighted by Gasteiger charge is -2.21. The number of ether oxygens (including phenoxy) is 1. The SMILES string of the molecule is COc1ccc(Br)cc1S(=O)(=O)NC1CCCCCCC1. The first-order valence-electron chi connectivity index (χ1n) is 7.39. The summed E-state index contributed by atoms with van der Waals surface area (Å²) in [5.74, 6) is 0.372. The summed E-state index contributed by atoms with van der Waals surface area (Å²) >= 11 is 3.32. The minimum absolute atomic E-state index is 0.0268. The number of rotatable bonds is 4. The summed E-state index contributed by atoms with van der Waals surface area (Å²) in [6.45, 7) is 0. The van der Waals surface area contributed by atoms with E-state index in [2.05, 4.69) is 20.7 Å². The summed E-state index contributed by atoms with van der Waals surface area (Å²) in [5, 5.41) is 0. The van der Waals surface area contributed by atoms with Crippen molar-refractivity contribution in [3.63, 3.8) is 0 Å². The molecule has 6 heteroatoms. The minimum Gasteiger partial charge on any atom is -0.495 e. The second kappa shape index (κ2) is 7.61. The van der Waals surface area contributed by atoms with E-state index in [0.717, 1.165) is 30.2 Å². The highest BCUT2D eigenvalue weighted by Gasteiger charge is 2.24. The molecule has 0 amide bonds. The maximum atomic E-state index is 12.6. The third-order valence-electron chi connectivity index (χ3n) is 3.84. The first-order valence-corrected chi connectivity index (χ1v) is 9.66. The van der Waals surface area contributed by atoms with Crippen LogP contribution in [0.2, 0.25) is 0 Å². The predicted octanol–water partition coefficient (Wildman–Crippen LogP) is 3.85. The van der Waals surface area contributed by atoms with E-state index in [1.54, 1.807) is 18.2 Å². The largest absolute Gasteiger partial charge is 0.495 e. The number of nitrogens with one attached hydrogen (secondary N) is 1. The van der Waals surface area contributed by atoms with Gasteiger partial charge in [0.05, 0.1) is 7.11 Å². The van der Waals surface area contributed by atoms with Crippen molar-refractivity contribution in [2.45, 2.75) is 55.9 Å².